The molecule has 0 atom stereocenters. The van der Waals surface area contributed by atoms with E-state index in [1.165, 1.54) is 0 Å². The van der Waals surface area contributed by atoms with Crippen molar-refractivity contribution in [2.24, 2.45) is 0 Å². The minimum absolute atomic E-state index is 0.179. The maximum absolute atomic E-state index is 11.6. The average molecular weight is 227 g/mol. The first-order valence-electron chi connectivity index (χ1n) is 6.47. The summed E-state index contributed by atoms with van der Waals surface area (Å²) >= 11 is 0. The number of unbranched alkanes of at least 4 members (excludes halogenated alkanes) is 1. The Labute approximate surface area is 99.0 Å². The third-order valence-electron chi connectivity index (χ3n) is 3.13. The highest BCUT2D eigenvalue weighted by molar-refractivity contribution is 5.77. The molecule has 0 aromatic rings. The number of carbonyl (C=O) groups excluding carboxylic acids is 1. The summed E-state index contributed by atoms with van der Waals surface area (Å²) in [5, 5.41) is 2.96. The van der Waals surface area contributed by atoms with Crippen molar-refractivity contribution < 1.29 is 4.79 Å². The average Bonchev–Trinajstić information content (AvgIpc) is 2.30. The summed E-state index contributed by atoms with van der Waals surface area (Å²) in [7, 11) is 0. The molecule has 1 amide bonds. The van der Waals surface area contributed by atoms with E-state index < -0.39 is 0 Å². The van der Waals surface area contributed by atoms with E-state index in [1.54, 1.807) is 0 Å². The normalized spacial score (nSPS) is 18.6. The number of nitrogens with one attached hydrogen (secondary N) is 1. The first-order valence-corrected chi connectivity index (χ1v) is 6.47. The smallest absolute Gasteiger partial charge is 0.234 e. The van der Waals surface area contributed by atoms with Gasteiger partial charge in [-0.2, -0.15) is 0 Å². The van der Waals surface area contributed by atoms with Gasteiger partial charge >= 0.3 is 0 Å². The third-order valence-corrected chi connectivity index (χ3v) is 3.13. The number of hydrogen-bond acceptors (Lipinski definition) is 3. The van der Waals surface area contributed by atoms with Crippen LogP contribution in [-0.4, -0.2) is 61.5 Å². The van der Waals surface area contributed by atoms with Gasteiger partial charge in [0.2, 0.25) is 5.91 Å². The zero-order valence-electron chi connectivity index (χ0n) is 10.7. The molecule has 0 aromatic carbocycles. The van der Waals surface area contributed by atoms with E-state index in [-0.39, 0.29) is 5.91 Å². The predicted octanol–water partition coefficient (Wildman–Crippen LogP) is 0.540. The monoisotopic (exact) mass is 227 g/mol. The fourth-order valence-electron chi connectivity index (χ4n) is 1.93. The lowest BCUT2D eigenvalue weighted by Crippen LogP contribution is -2.49. The lowest BCUT2D eigenvalue weighted by atomic mass is 10.3. The molecule has 0 radical (unpaired) electrons. The number of carbonyl (C=O) groups is 1. The highest BCUT2D eigenvalue weighted by Crippen LogP contribution is 2.00. The van der Waals surface area contributed by atoms with Gasteiger partial charge in [-0.3, -0.25) is 9.69 Å². The first kappa shape index (κ1) is 13.5. The van der Waals surface area contributed by atoms with Gasteiger partial charge in [-0.15, -0.1) is 0 Å². The molecule has 0 aliphatic carbocycles. The second-order valence-corrected chi connectivity index (χ2v) is 4.41. The number of nitrogens with zero attached hydrogens (tertiary/aromatic N) is 2. The number of amides is 1. The van der Waals surface area contributed by atoms with Gasteiger partial charge in [-0.05, 0) is 13.0 Å². The van der Waals surface area contributed by atoms with E-state index in [9.17, 15) is 4.79 Å². The molecular weight excluding hydrogens is 202 g/mol. The lowest BCUT2D eigenvalue weighted by molar-refractivity contribution is -0.122. The zero-order chi connectivity index (χ0) is 11.8. The highest BCUT2D eigenvalue weighted by atomic mass is 16.2. The molecule has 4 heteroatoms. The Morgan fingerprint density at radius 3 is 2.31 bits per heavy atom. The molecule has 1 saturated heterocycles. The Morgan fingerprint density at radius 2 is 1.75 bits per heavy atom. The Kier molecular flexibility index (Phi) is 6.42. The van der Waals surface area contributed by atoms with E-state index in [0.717, 1.165) is 52.1 Å². The topological polar surface area (TPSA) is 35.6 Å². The number of rotatable bonds is 6. The third kappa shape index (κ3) is 4.94. The van der Waals surface area contributed by atoms with Crippen LogP contribution in [0.15, 0.2) is 0 Å². The quantitative estimate of drug-likeness (QED) is 0.673. The van der Waals surface area contributed by atoms with Crippen molar-refractivity contribution in [3.05, 3.63) is 0 Å². The van der Waals surface area contributed by atoms with Gasteiger partial charge < -0.3 is 10.2 Å². The van der Waals surface area contributed by atoms with Gasteiger partial charge in [-0.25, -0.2) is 0 Å². The van der Waals surface area contributed by atoms with Crippen molar-refractivity contribution in [1.82, 2.24) is 15.1 Å². The van der Waals surface area contributed by atoms with Gasteiger partial charge in [-0.1, -0.05) is 20.3 Å². The second kappa shape index (κ2) is 7.63. The van der Waals surface area contributed by atoms with Crippen LogP contribution in [0, 0.1) is 0 Å². The van der Waals surface area contributed by atoms with Gasteiger partial charge in [0.05, 0.1) is 6.54 Å². The molecule has 1 heterocycles. The second-order valence-electron chi connectivity index (χ2n) is 4.41. The fraction of sp³-hybridized carbons (Fsp3) is 0.917. The minimum Gasteiger partial charge on any atom is -0.355 e. The molecule has 94 valence electrons. The van der Waals surface area contributed by atoms with E-state index in [4.69, 9.17) is 0 Å². The molecular formula is C12H25N3O. The standard InChI is InChI=1S/C12H25N3O/c1-3-5-6-13-12(16)11-15-9-7-14(4-2)8-10-15/h3-11H2,1-2H3,(H,13,16). The Balaban J connectivity index is 2.10. The summed E-state index contributed by atoms with van der Waals surface area (Å²) in [5.74, 6) is 0.179. The largest absolute Gasteiger partial charge is 0.355 e. The summed E-state index contributed by atoms with van der Waals surface area (Å²) < 4.78 is 0. The molecule has 1 aliphatic heterocycles. The summed E-state index contributed by atoms with van der Waals surface area (Å²) in [6, 6.07) is 0. The number of piperazine rings is 1. The van der Waals surface area contributed by atoms with Gasteiger partial charge in [0.1, 0.15) is 0 Å². The van der Waals surface area contributed by atoms with E-state index in [2.05, 4.69) is 29.0 Å². The van der Waals surface area contributed by atoms with Crippen molar-refractivity contribution in [1.29, 1.82) is 0 Å². The lowest BCUT2D eigenvalue weighted by Gasteiger charge is -2.33. The zero-order valence-corrected chi connectivity index (χ0v) is 10.7. The molecule has 0 spiro atoms. The van der Waals surface area contributed by atoms with Crippen LogP contribution < -0.4 is 5.32 Å². The molecule has 1 aliphatic rings. The maximum Gasteiger partial charge on any atom is 0.234 e. The summed E-state index contributed by atoms with van der Waals surface area (Å²) in [6.07, 6.45) is 2.21. The van der Waals surface area contributed by atoms with Crippen LogP contribution in [0.4, 0.5) is 0 Å². The molecule has 0 saturated carbocycles. The van der Waals surface area contributed by atoms with E-state index in [1.807, 2.05) is 0 Å². The molecule has 1 rings (SSSR count). The molecule has 0 aromatic heterocycles. The summed E-state index contributed by atoms with van der Waals surface area (Å²) in [6.45, 7) is 11.1. The summed E-state index contributed by atoms with van der Waals surface area (Å²) in [4.78, 5) is 16.2. The predicted molar refractivity (Wildman–Crippen MR) is 66.5 cm³/mol. The minimum atomic E-state index is 0.179. The van der Waals surface area contributed by atoms with Crippen LogP contribution in [0.1, 0.15) is 26.7 Å². The molecule has 16 heavy (non-hydrogen) atoms. The SMILES string of the molecule is CCCCNC(=O)CN1CCN(CC)CC1. The molecule has 0 unspecified atom stereocenters. The van der Waals surface area contributed by atoms with Crippen molar-refractivity contribution in [2.75, 3.05) is 45.8 Å². The summed E-state index contributed by atoms with van der Waals surface area (Å²) in [5.41, 5.74) is 0. The van der Waals surface area contributed by atoms with Crippen LogP contribution >= 0.6 is 0 Å². The van der Waals surface area contributed by atoms with Crippen LogP contribution in [0.25, 0.3) is 0 Å². The van der Waals surface area contributed by atoms with Crippen molar-refractivity contribution in [3.63, 3.8) is 0 Å². The Morgan fingerprint density at radius 1 is 1.12 bits per heavy atom. The molecule has 4 nitrogen and oxygen atoms in total. The fourth-order valence-corrected chi connectivity index (χ4v) is 1.93. The Hall–Kier alpha value is -0.610. The van der Waals surface area contributed by atoms with Crippen LogP contribution in [-0.2, 0) is 4.79 Å². The van der Waals surface area contributed by atoms with Gasteiger partial charge in [0, 0.05) is 32.7 Å². The van der Waals surface area contributed by atoms with Crippen LogP contribution in [0.2, 0.25) is 0 Å². The number of hydrogen-bond donors (Lipinski definition) is 1. The van der Waals surface area contributed by atoms with Crippen molar-refractivity contribution >= 4 is 5.91 Å². The van der Waals surface area contributed by atoms with Crippen LogP contribution in [0.5, 0.6) is 0 Å². The first-order chi connectivity index (χ1) is 7.76. The van der Waals surface area contributed by atoms with Gasteiger partial charge in [0.25, 0.3) is 0 Å². The van der Waals surface area contributed by atoms with E-state index >= 15 is 0 Å². The van der Waals surface area contributed by atoms with Crippen molar-refractivity contribution in [2.45, 2.75) is 26.7 Å². The van der Waals surface area contributed by atoms with Crippen LogP contribution in [0.3, 0.4) is 0 Å². The molecule has 1 fully saturated rings. The van der Waals surface area contributed by atoms with Crippen molar-refractivity contribution in [3.8, 4) is 0 Å². The Bertz CT molecular complexity index is 200. The van der Waals surface area contributed by atoms with E-state index in [0.29, 0.717) is 6.54 Å². The highest BCUT2D eigenvalue weighted by Gasteiger charge is 2.17. The molecule has 1 N–H and O–H groups in total. The molecule has 0 bridgehead atoms. The maximum atomic E-state index is 11.6. The van der Waals surface area contributed by atoms with Gasteiger partial charge in [0.15, 0.2) is 0 Å². The number of likely N-dealkylation sites (N-methyl/N-ethyl adjacent to an activating group) is 1.